The number of aryl methyl sites for hydroxylation is 2. The third-order valence-electron chi connectivity index (χ3n) is 5.08. The van der Waals surface area contributed by atoms with Crippen LogP contribution in [0.25, 0.3) is 0 Å². The van der Waals surface area contributed by atoms with Crippen molar-refractivity contribution in [2.75, 3.05) is 26.2 Å². The van der Waals surface area contributed by atoms with Gasteiger partial charge in [-0.3, -0.25) is 9.69 Å². The summed E-state index contributed by atoms with van der Waals surface area (Å²) in [5.74, 6) is 2.48. The molecular formula is C21H31N3O5. The smallest absolute Gasteiger partial charge is 0.236 e. The summed E-state index contributed by atoms with van der Waals surface area (Å²) in [7, 11) is 0. The Bertz CT molecular complexity index is 794. The van der Waals surface area contributed by atoms with Crippen molar-refractivity contribution in [3.63, 3.8) is 0 Å². The van der Waals surface area contributed by atoms with E-state index in [1.807, 2.05) is 29.7 Å². The molecule has 3 heterocycles. The Kier molecular flexibility index (Phi) is 7.10. The molecule has 1 saturated heterocycles. The van der Waals surface area contributed by atoms with E-state index in [9.17, 15) is 9.90 Å². The van der Waals surface area contributed by atoms with Gasteiger partial charge >= 0.3 is 0 Å². The molecule has 8 heteroatoms. The van der Waals surface area contributed by atoms with Crippen molar-refractivity contribution in [2.24, 2.45) is 5.92 Å². The maximum Gasteiger partial charge on any atom is 0.236 e. The van der Waals surface area contributed by atoms with Gasteiger partial charge in [-0.15, -0.1) is 0 Å². The second-order valence-electron chi connectivity index (χ2n) is 8.12. The second kappa shape index (κ2) is 9.56. The van der Waals surface area contributed by atoms with Gasteiger partial charge in [-0.1, -0.05) is 19.0 Å². The van der Waals surface area contributed by atoms with Crippen LogP contribution >= 0.6 is 0 Å². The molecule has 3 rings (SSSR count). The van der Waals surface area contributed by atoms with Crippen molar-refractivity contribution in [1.82, 2.24) is 15.0 Å². The minimum absolute atomic E-state index is 0.0936. The molecule has 0 aliphatic carbocycles. The van der Waals surface area contributed by atoms with Crippen LogP contribution in [0.15, 0.2) is 21.1 Å². The normalized spacial score (nSPS) is 18.6. The predicted octanol–water partition coefficient (Wildman–Crippen LogP) is 2.26. The topological polar surface area (TPSA) is 92.2 Å². The number of aromatic nitrogens is 1. The molecule has 29 heavy (non-hydrogen) atoms. The maximum absolute atomic E-state index is 12.8. The Balaban J connectivity index is 1.71. The van der Waals surface area contributed by atoms with Crippen LogP contribution in [-0.4, -0.2) is 58.3 Å². The molecule has 0 aromatic carbocycles. The molecule has 160 valence electrons. The first-order valence-electron chi connectivity index (χ1n) is 10.1. The van der Waals surface area contributed by atoms with E-state index in [2.05, 4.69) is 19.0 Å². The van der Waals surface area contributed by atoms with Crippen LogP contribution in [0.2, 0.25) is 0 Å². The van der Waals surface area contributed by atoms with Gasteiger partial charge in [-0.25, -0.2) is 0 Å². The van der Waals surface area contributed by atoms with Gasteiger partial charge in [0.25, 0.3) is 0 Å². The summed E-state index contributed by atoms with van der Waals surface area (Å²) < 4.78 is 17.1. The molecule has 8 nitrogen and oxygen atoms in total. The van der Waals surface area contributed by atoms with E-state index in [1.54, 1.807) is 6.07 Å². The van der Waals surface area contributed by atoms with Gasteiger partial charge in [0.15, 0.2) is 0 Å². The first kappa shape index (κ1) is 21.5. The highest BCUT2D eigenvalue weighted by Gasteiger charge is 2.29. The van der Waals surface area contributed by atoms with E-state index in [1.165, 1.54) is 0 Å². The van der Waals surface area contributed by atoms with Gasteiger partial charge in [0.05, 0.1) is 31.5 Å². The van der Waals surface area contributed by atoms with Crippen LogP contribution in [0, 0.1) is 19.8 Å². The molecule has 2 aromatic rings. The molecule has 0 spiro atoms. The SMILES string of the molecule is Cc1noc(C)c1CO[C@@H]1CN(Cc2ccc(CO)o2)CC(=O)N(CC(C)C)C1. The number of aliphatic hydroxyl groups excluding tert-OH is 1. The summed E-state index contributed by atoms with van der Waals surface area (Å²) in [6.45, 7) is 10.9. The maximum atomic E-state index is 12.8. The first-order valence-corrected chi connectivity index (χ1v) is 10.1. The lowest BCUT2D eigenvalue weighted by Gasteiger charge is -2.26. The zero-order valence-corrected chi connectivity index (χ0v) is 17.7. The molecule has 1 aliphatic rings. The summed E-state index contributed by atoms with van der Waals surface area (Å²) in [5.41, 5.74) is 1.79. The van der Waals surface area contributed by atoms with E-state index in [0.717, 1.165) is 22.8 Å². The standard InChI is InChI=1S/C21H31N3O5/c1-14(2)7-24-10-19(27-13-20-15(3)22-29-16(20)4)9-23(11-21(24)26)8-17-5-6-18(12-25)28-17/h5-6,14,19,25H,7-13H2,1-4H3/t19-/m1/s1. The van der Waals surface area contributed by atoms with E-state index < -0.39 is 0 Å². The van der Waals surface area contributed by atoms with Gasteiger partial charge in [0.2, 0.25) is 5.91 Å². The molecular weight excluding hydrogens is 374 g/mol. The molecule has 0 unspecified atom stereocenters. The zero-order valence-electron chi connectivity index (χ0n) is 17.7. The third kappa shape index (κ3) is 5.68. The lowest BCUT2D eigenvalue weighted by atomic mass is 10.2. The van der Waals surface area contributed by atoms with E-state index in [-0.39, 0.29) is 18.6 Å². The van der Waals surface area contributed by atoms with Crippen molar-refractivity contribution < 1.29 is 23.6 Å². The highest BCUT2D eigenvalue weighted by atomic mass is 16.5. The number of ether oxygens (including phenoxy) is 1. The van der Waals surface area contributed by atoms with Gasteiger partial charge in [-0.2, -0.15) is 0 Å². The minimum atomic E-state index is -0.138. The molecule has 1 atom stereocenters. The van der Waals surface area contributed by atoms with Gasteiger partial charge in [0.1, 0.15) is 23.9 Å². The summed E-state index contributed by atoms with van der Waals surface area (Å²) in [6.07, 6.45) is -0.138. The zero-order chi connectivity index (χ0) is 21.0. The summed E-state index contributed by atoms with van der Waals surface area (Å²) in [6, 6.07) is 3.60. The fourth-order valence-electron chi connectivity index (χ4n) is 3.61. The number of amides is 1. The lowest BCUT2D eigenvalue weighted by molar-refractivity contribution is -0.132. The van der Waals surface area contributed by atoms with Crippen LogP contribution in [0.5, 0.6) is 0 Å². The Morgan fingerprint density at radius 1 is 1.28 bits per heavy atom. The molecule has 1 aliphatic heterocycles. The third-order valence-corrected chi connectivity index (χ3v) is 5.08. The monoisotopic (exact) mass is 405 g/mol. The van der Waals surface area contributed by atoms with Gasteiger partial charge in [-0.05, 0) is 31.9 Å². The predicted molar refractivity (Wildman–Crippen MR) is 106 cm³/mol. The Labute approximate surface area is 171 Å². The molecule has 1 fully saturated rings. The number of hydrogen-bond acceptors (Lipinski definition) is 7. The Morgan fingerprint density at radius 3 is 2.66 bits per heavy atom. The molecule has 0 bridgehead atoms. The van der Waals surface area contributed by atoms with E-state index in [4.69, 9.17) is 13.7 Å². The van der Waals surface area contributed by atoms with Crippen molar-refractivity contribution >= 4 is 5.91 Å². The number of furan rings is 1. The highest BCUT2D eigenvalue weighted by molar-refractivity contribution is 5.78. The largest absolute Gasteiger partial charge is 0.462 e. The van der Waals surface area contributed by atoms with Crippen molar-refractivity contribution in [1.29, 1.82) is 0 Å². The van der Waals surface area contributed by atoms with Crippen LogP contribution < -0.4 is 0 Å². The fraction of sp³-hybridized carbons (Fsp3) is 0.619. The lowest BCUT2D eigenvalue weighted by Crippen LogP contribution is -2.40. The highest BCUT2D eigenvalue weighted by Crippen LogP contribution is 2.19. The summed E-state index contributed by atoms with van der Waals surface area (Å²) >= 11 is 0. The van der Waals surface area contributed by atoms with Crippen molar-refractivity contribution in [3.05, 3.63) is 40.7 Å². The number of aliphatic hydroxyl groups is 1. The van der Waals surface area contributed by atoms with Crippen LogP contribution in [0.4, 0.5) is 0 Å². The Morgan fingerprint density at radius 2 is 2.03 bits per heavy atom. The van der Waals surface area contributed by atoms with E-state index in [0.29, 0.717) is 51.0 Å². The van der Waals surface area contributed by atoms with Crippen LogP contribution in [-0.2, 0) is 29.3 Å². The molecule has 1 amide bonds. The first-order chi connectivity index (χ1) is 13.9. The number of carbonyl (C=O) groups excluding carboxylic acids is 1. The van der Waals surface area contributed by atoms with Crippen molar-refractivity contribution in [2.45, 2.75) is 53.6 Å². The van der Waals surface area contributed by atoms with Crippen LogP contribution in [0.3, 0.4) is 0 Å². The Hall–Kier alpha value is -2.16. The van der Waals surface area contributed by atoms with E-state index >= 15 is 0 Å². The summed E-state index contributed by atoms with van der Waals surface area (Å²) in [4.78, 5) is 16.8. The second-order valence-corrected chi connectivity index (χ2v) is 8.12. The van der Waals surface area contributed by atoms with Gasteiger partial charge < -0.3 is 23.7 Å². The number of nitrogens with zero attached hydrogens (tertiary/aromatic N) is 3. The van der Waals surface area contributed by atoms with Gasteiger partial charge in [0, 0.05) is 25.2 Å². The number of hydrogen-bond donors (Lipinski definition) is 1. The molecule has 0 radical (unpaired) electrons. The molecule has 0 saturated carbocycles. The average Bonchev–Trinajstić information content (AvgIpc) is 3.20. The molecule has 1 N–H and O–H groups in total. The summed E-state index contributed by atoms with van der Waals surface area (Å²) in [5, 5.41) is 13.2. The average molecular weight is 405 g/mol. The van der Waals surface area contributed by atoms with Crippen LogP contribution in [0.1, 0.15) is 42.4 Å². The minimum Gasteiger partial charge on any atom is -0.462 e. The number of rotatable bonds is 8. The van der Waals surface area contributed by atoms with Crippen molar-refractivity contribution in [3.8, 4) is 0 Å². The fourth-order valence-corrected chi connectivity index (χ4v) is 3.61. The quantitative estimate of drug-likeness (QED) is 0.720. The molecule has 2 aromatic heterocycles. The number of carbonyl (C=O) groups is 1.